The van der Waals surface area contributed by atoms with Crippen LogP contribution in [0.1, 0.15) is 6.92 Å². The summed E-state index contributed by atoms with van der Waals surface area (Å²) in [4.78, 5) is 19.1. The van der Waals surface area contributed by atoms with E-state index in [4.69, 9.17) is 27.5 Å². The topological polar surface area (TPSA) is 118 Å². The number of halogens is 1. The molecule has 4 N–H and O–H groups in total. The van der Waals surface area contributed by atoms with Crippen LogP contribution in [0.5, 0.6) is 0 Å². The van der Waals surface area contributed by atoms with Crippen LogP contribution in [0.2, 0.25) is 4.34 Å². The van der Waals surface area contributed by atoms with Gasteiger partial charge < -0.3 is 15.9 Å². The Labute approximate surface area is 151 Å². The van der Waals surface area contributed by atoms with Crippen LogP contribution in [0, 0.1) is 0 Å². The molecule has 132 valence electrons. The second-order valence-corrected chi connectivity index (χ2v) is 6.99. The zero-order chi connectivity index (χ0) is 18.6. The molecule has 0 bridgehead atoms. The molecule has 2 aromatic heterocycles. The van der Waals surface area contributed by atoms with Crippen molar-refractivity contribution in [3.63, 3.8) is 0 Å². The van der Waals surface area contributed by atoms with Crippen molar-refractivity contribution in [3.8, 4) is 0 Å². The maximum absolute atomic E-state index is 9.55. The Morgan fingerprint density at radius 1 is 1.36 bits per heavy atom. The van der Waals surface area contributed by atoms with Crippen molar-refractivity contribution < 1.29 is 19.8 Å². The monoisotopic (exact) mass is 381 g/mol. The van der Waals surface area contributed by atoms with Crippen molar-refractivity contribution in [1.29, 1.82) is 0 Å². The van der Waals surface area contributed by atoms with Gasteiger partial charge in [-0.3, -0.25) is 4.68 Å². The van der Waals surface area contributed by atoms with Crippen molar-refractivity contribution in [2.45, 2.75) is 19.5 Å². The first kappa shape index (κ1) is 18.9. The van der Waals surface area contributed by atoms with Gasteiger partial charge in [-0.2, -0.15) is 5.10 Å². The molecule has 0 amide bonds. The Bertz CT molecular complexity index is 930. The third-order valence-corrected chi connectivity index (χ3v) is 4.33. The van der Waals surface area contributed by atoms with Crippen LogP contribution in [0.3, 0.4) is 0 Å². The zero-order valence-corrected chi connectivity index (χ0v) is 14.8. The molecule has 2 heterocycles. The summed E-state index contributed by atoms with van der Waals surface area (Å²) in [6.07, 6.45) is 2.99. The van der Waals surface area contributed by atoms with Gasteiger partial charge in [0.15, 0.2) is 0 Å². The number of aromatic nitrogens is 2. The minimum absolute atomic E-state index is 0.0856. The zero-order valence-electron chi connectivity index (χ0n) is 13.2. The van der Waals surface area contributed by atoms with E-state index in [1.807, 2.05) is 23.9 Å². The van der Waals surface area contributed by atoms with E-state index < -0.39 is 11.9 Å². The fraction of sp³-hybridized carbons (Fsp3) is 0.188. The smallest absolute Gasteiger partial charge is 0.328 e. The van der Waals surface area contributed by atoms with Gasteiger partial charge in [0, 0.05) is 33.7 Å². The van der Waals surface area contributed by atoms with Gasteiger partial charge in [-0.1, -0.05) is 11.6 Å². The number of carboxylic acid groups (broad SMARTS) is 2. The highest BCUT2D eigenvalue weighted by atomic mass is 35.5. The maximum atomic E-state index is 9.55. The molecular weight excluding hydrogens is 366 g/mol. The maximum Gasteiger partial charge on any atom is 0.328 e. The summed E-state index contributed by atoms with van der Waals surface area (Å²) in [5.74, 6) is -2.51. The van der Waals surface area contributed by atoms with E-state index in [0.717, 1.165) is 27.2 Å². The van der Waals surface area contributed by atoms with E-state index in [1.165, 1.54) is 4.70 Å². The fourth-order valence-electron chi connectivity index (χ4n) is 2.22. The molecule has 25 heavy (non-hydrogen) atoms. The van der Waals surface area contributed by atoms with Gasteiger partial charge in [-0.25, -0.2) is 9.59 Å². The molecule has 1 aromatic carbocycles. The molecule has 0 aliphatic carbocycles. The van der Waals surface area contributed by atoms with Crippen LogP contribution in [-0.2, 0) is 16.1 Å². The molecule has 3 rings (SSSR count). The first-order chi connectivity index (χ1) is 11.8. The van der Waals surface area contributed by atoms with E-state index in [0.29, 0.717) is 12.2 Å². The van der Waals surface area contributed by atoms with Crippen molar-refractivity contribution in [2.75, 3.05) is 0 Å². The Balaban J connectivity index is 0.000000242. The molecule has 0 radical (unpaired) electrons. The molecule has 1 atom stereocenters. The number of fused-ring (bicyclic) bond motifs is 3. The Morgan fingerprint density at radius 2 is 2.00 bits per heavy atom. The number of benzene rings is 1. The number of nitrogens with two attached hydrogens (primary N) is 1. The number of aliphatic carboxylic acids is 2. The summed E-state index contributed by atoms with van der Waals surface area (Å²) >= 11 is 7.66. The molecule has 0 spiro atoms. The minimum Gasteiger partial charge on any atom is -0.478 e. The quantitative estimate of drug-likeness (QED) is 0.598. The van der Waals surface area contributed by atoms with E-state index in [9.17, 15) is 9.59 Å². The first-order valence-corrected chi connectivity index (χ1v) is 8.40. The minimum atomic E-state index is -1.26. The third-order valence-electron chi connectivity index (χ3n) is 3.10. The first-order valence-electron chi connectivity index (χ1n) is 7.21. The fourth-order valence-corrected chi connectivity index (χ4v) is 3.37. The van der Waals surface area contributed by atoms with Crippen LogP contribution in [0.15, 0.2) is 36.5 Å². The van der Waals surface area contributed by atoms with E-state index in [1.54, 1.807) is 11.3 Å². The van der Waals surface area contributed by atoms with Crippen LogP contribution in [0.25, 0.3) is 21.0 Å². The standard InChI is InChI=1S/C12H12ClN3S.C4H4O4/c1-7(14)6-16-12-8(5-15-16)2-3-10-9(12)4-11(13)17-10;5-3(6)1-2-4(7)8/h2-5,7H,6,14H2,1H3;1-2H,(H,5,6)(H,7,8)/t7-;/m0./s1. The average Bonchev–Trinajstić information content (AvgIpc) is 3.07. The number of rotatable bonds is 4. The Morgan fingerprint density at radius 3 is 2.56 bits per heavy atom. The molecular formula is C16H16ClN3O4S. The molecule has 0 aliphatic rings. The second kappa shape index (κ2) is 8.11. The highest BCUT2D eigenvalue weighted by Gasteiger charge is 2.10. The van der Waals surface area contributed by atoms with Crippen LogP contribution < -0.4 is 5.73 Å². The highest BCUT2D eigenvalue weighted by Crippen LogP contribution is 2.34. The molecule has 0 saturated carbocycles. The summed E-state index contributed by atoms with van der Waals surface area (Å²) in [5, 5.41) is 22.3. The number of thiophene rings is 1. The van der Waals surface area contributed by atoms with Crippen molar-refractivity contribution in [1.82, 2.24) is 9.78 Å². The van der Waals surface area contributed by atoms with Gasteiger partial charge >= 0.3 is 11.9 Å². The SMILES string of the molecule is C[C@H](N)Cn1ncc2ccc3sc(Cl)cc3c21.O=C(O)C=CC(=O)O. The molecule has 0 saturated heterocycles. The lowest BCUT2D eigenvalue weighted by Gasteiger charge is -2.07. The number of hydrogen-bond donors (Lipinski definition) is 3. The molecule has 0 fully saturated rings. The molecule has 0 aliphatic heterocycles. The largest absolute Gasteiger partial charge is 0.478 e. The van der Waals surface area contributed by atoms with E-state index in [2.05, 4.69) is 17.2 Å². The predicted molar refractivity (Wildman–Crippen MR) is 98.2 cm³/mol. The van der Waals surface area contributed by atoms with Crippen LogP contribution in [0.4, 0.5) is 0 Å². The lowest BCUT2D eigenvalue weighted by atomic mass is 10.2. The Kier molecular flexibility index (Phi) is 6.13. The van der Waals surface area contributed by atoms with Crippen molar-refractivity contribution >= 4 is 55.9 Å². The number of carboxylic acids is 2. The summed E-state index contributed by atoms with van der Waals surface area (Å²) in [6, 6.07) is 6.26. The van der Waals surface area contributed by atoms with Gasteiger partial charge in [0.1, 0.15) is 0 Å². The normalized spacial score (nSPS) is 12.3. The molecule has 9 heteroatoms. The predicted octanol–water partition coefficient (Wildman–Crippen LogP) is 2.96. The van der Waals surface area contributed by atoms with Gasteiger partial charge in [-0.15, -0.1) is 11.3 Å². The number of nitrogens with zero attached hydrogens (tertiary/aromatic N) is 2. The van der Waals surface area contributed by atoms with Gasteiger partial charge in [0.25, 0.3) is 0 Å². The molecule has 0 unspecified atom stereocenters. The second-order valence-electron chi connectivity index (χ2n) is 5.28. The average molecular weight is 382 g/mol. The van der Waals surface area contributed by atoms with Crippen LogP contribution >= 0.6 is 22.9 Å². The van der Waals surface area contributed by atoms with Crippen molar-refractivity contribution in [3.05, 3.63) is 40.9 Å². The summed E-state index contributed by atoms with van der Waals surface area (Å²) < 4.78 is 3.96. The van der Waals surface area contributed by atoms with E-state index >= 15 is 0 Å². The van der Waals surface area contributed by atoms with E-state index in [-0.39, 0.29) is 6.04 Å². The van der Waals surface area contributed by atoms with Gasteiger partial charge in [0.05, 0.1) is 22.6 Å². The molecule has 7 nitrogen and oxygen atoms in total. The summed E-state index contributed by atoms with van der Waals surface area (Å²) in [6.45, 7) is 2.70. The summed E-state index contributed by atoms with van der Waals surface area (Å²) in [7, 11) is 0. The number of hydrogen-bond acceptors (Lipinski definition) is 5. The van der Waals surface area contributed by atoms with Crippen LogP contribution in [-0.4, -0.2) is 38.0 Å². The lowest BCUT2D eigenvalue weighted by Crippen LogP contribution is -2.22. The number of carbonyl (C=O) groups is 2. The Hall–Kier alpha value is -2.42. The summed E-state index contributed by atoms with van der Waals surface area (Å²) in [5.41, 5.74) is 6.97. The molecule has 3 aromatic rings. The highest BCUT2D eigenvalue weighted by molar-refractivity contribution is 7.22. The van der Waals surface area contributed by atoms with Gasteiger partial charge in [-0.05, 0) is 25.1 Å². The van der Waals surface area contributed by atoms with Crippen molar-refractivity contribution in [2.24, 2.45) is 5.73 Å². The van der Waals surface area contributed by atoms with Gasteiger partial charge in [0.2, 0.25) is 0 Å². The third kappa shape index (κ3) is 5.02. The lowest BCUT2D eigenvalue weighted by molar-refractivity contribution is -0.134.